The molecule has 0 saturated heterocycles. The van der Waals surface area contributed by atoms with Crippen molar-refractivity contribution in [2.75, 3.05) is 5.88 Å². The molecule has 130 valence electrons. The first-order valence-electron chi connectivity index (χ1n) is 7.66. The van der Waals surface area contributed by atoms with E-state index in [2.05, 4.69) is 4.72 Å². The number of rotatable bonds is 9. The molecule has 0 amide bonds. The van der Waals surface area contributed by atoms with E-state index in [1.807, 2.05) is 0 Å². The van der Waals surface area contributed by atoms with Crippen LogP contribution < -0.4 is 4.72 Å². The van der Waals surface area contributed by atoms with Crippen molar-refractivity contribution in [3.05, 3.63) is 54.0 Å². The molecule has 0 bridgehead atoms. The second-order valence-corrected chi connectivity index (χ2v) is 7.66. The summed E-state index contributed by atoms with van der Waals surface area (Å²) in [7, 11) is -3.67. The minimum Gasteiger partial charge on any atom is -0.461 e. The zero-order valence-corrected chi connectivity index (χ0v) is 14.9. The second-order valence-electron chi connectivity index (χ2n) is 5.56. The van der Waals surface area contributed by atoms with Crippen LogP contribution in [0.15, 0.2) is 52.0 Å². The van der Waals surface area contributed by atoms with Gasteiger partial charge >= 0.3 is 0 Å². The summed E-state index contributed by atoms with van der Waals surface area (Å²) >= 11 is 5.65. The van der Waals surface area contributed by atoms with Gasteiger partial charge in [0.1, 0.15) is 0 Å². The van der Waals surface area contributed by atoms with Gasteiger partial charge in [0.25, 0.3) is 0 Å². The van der Waals surface area contributed by atoms with Gasteiger partial charge in [0.2, 0.25) is 10.0 Å². The highest BCUT2D eigenvalue weighted by Gasteiger charge is 2.20. The molecule has 0 spiro atoms. The van der Waals surface area contributed by atoms with Crippen molar-refractivity contribution in [2.24, 2.45) is 0 Å². The summed E-state index contributed by atoms with van der Waals surface area (Å²) in [5, 5.41) is 0. The Morgan fingerprint density at radius 1 is 1.25 bits per heavy atom. The maximum Gasteiger partial charge on any atom is 0.240 e. The van der Waals surface area contributed by atoms with Crippen molar-refractivity contribution >= 4 is 27.4 Å². The molecule has 0 aliphatic heterocycles. The molecule has 2 aromatic rings. The number of hydrogen-bond donors (Lipinski definition) is 1. The molecule has 24 heavy (non-hydrogen) atoms. The van der Waals surface area contributed by atoms with Gasteiger partial charge in [-0.2, -0.15) is 0 Å². The average Bonchev–Trinajstić information content (AvgIpc) is 3.07. The Kier molecular flexibility index (Phi) is 6.60. The molecule has 2 rings (SSSR count). The molecule has 1 heterocycles. The van der Waals surface area contributed by atoms with Crippen LogP contribution in [0.3, 0.4) is 0 Å². The third-order valence-electron chi connectivity index (χ3n) is 3.48. The van der Waals surface area contributed by atoms with Gasteiger partial charge < -0.3 is 4.42 Å². The molecule has 1 N–H and O–H groups in total. The lowest BCUT2D eigenvalue weighted by Gasteiger charge is -2.13. The molecule has 1 aromatic heterocycles. The van der Waals surface area contributed by atoms with Crippen LogP contribution in [0.4, 0.5) is 0 Å². The SMILES string of the molecule is C[C@H](CC(=O)c1ccco1)NS(=O)(=O)c1ccc(CCCCl)cc1. The smallest absolute Gasteiger partial charge is 0.240 e. The fourth-order valence-corrected chi connectivity index (χ4v) is 3.67. The van der Waals surface area contributed by atoms with E-state index in [4.69, 9.17) is 16.0 Å². The molecule has 0 unspecified atom stereocenters. The summed E-state index contributed by atoms with van der Waals surface area (Å²) in [6.07, 6.45) is 3.09. The molecule has 0 aliphatic carbocycles. The highest BCUT2D eigenvalue weighted by molar-refractivity contribution is 7.89. The average molecular weight is 370 g/mol. The number of halogens is 1. The molecule has 5 nitrogen and oxygen atoms in total. The molecular weight excluding hydrogens is 350 g/mol. The Hall–Kier alpha value is -1.63. The summed E-state index contributed by atoms with van der Waals surface area (Å²) in [5.74, 6) is 0.555. The Labute approximate surface area is 147 Å². The number of Topliss-reactive ketones (excluding diaryl/α,β-unsaturated/α-hetero) is 1. The van der Waals surface area contributed by atoms with Gasteiger partial charge in [-0.05, 0) is 49.6 Å². The lowest BCUT2D eigenvalue weighted by atomic mass is 10.1. The van der Waals surface area contributed by atoms with Crippen LogP contribution in [-0.2, 0) is 16.4 Å². The van der Waals surface area contributed by atoms with Crippen molar-refractivity contribution in [2.45, 2.75) is 37.1 Å². The van der Waals surface area contributed by atoms with E-state index in [0.717, 1.165) is 18.4 Å². The van der Waals surface area contributed by atoms with E-state index in [-0.39, 0.29) is 22.9 Å². The molecular formula is C17H20ClNO4S. The van der Waals surface area contributed by atoms with E-state index < -0.39 is 16.1 Å². The number of ketones is 1. The van der Waals surface area contributed by atoms with Gasteiger partial charge in [0.05, 0.1) is 11.2 Å². The van der Waals surface area contributed by atoms with E-state index in [1.165, 1.54) is 6.26 Å². The number of carbonyl (C=O) groups excluding carboxylic acids is 1. The van der Waals surface area contributed by atoms with E-state index in [1.54, 1.807) is 43.3 Å². The van der Waals surface area contributed by atoms with Crippen LogP contribution in [0.5, 0.6) is 0 Å². The van der Waals surface area contributed by atoms with Gasteiger partial charge in [-0.25, -0.2) is 13.1 Å². The van der Waals surface area contributed by atoms with Crippen LogP contribution in [0.1, 0.15) is 35.9 Å². The predicted molar refractivity (Wildman–Crippen MR) is 92.9 cm³/mol. The largest absolute Gasteiger partial charge is 0.461 e. The van der Waals surface area contributed by atoms with E-state index >= 15 is 0 Å². The molecule has 0 saturated carbocycles. The molecule has 1 atom stereocenters. The van der Waals surface area contributed by atoms with Gasteiger partial charge in [-0.1, -0.05) is 12.1 Å². The van der Waals surface area contributed by atoms with Crippen LogP contribution in [0, 0.1) is 0 Å². The zero-order valence-electron chi connectivity index (χ0n) is 13.4. The standard InChI is InChI=1S/C17H20ClNO4S/c1-13(12-16(20)17-5-3-11-23-17)19-24(21,22)15-8-6-14(7-9-15)4-2-10-18/h3,5-9,11,13,19H,2,4,10,12H2,1H3/t13-/m1/s1. The van der Waals surface area contributed by atoms with Crippen LogP contribution >= 0.6 is 11.6 Å². The Balaban J connectivity index is 1.98. The lowest BCUT2D eigenvalue weighted by molar-refractivity contribution is 0.0948. The summed E-state index contributed by atoms with van der Waals surface area (Å²) in [6, 6.07) is 9.32. The Morgan fingerprint density at radius 3 is 2.54 bits per heavy atom. The summed E-state index contributed by atoms with van der Waals surface area (Å²) < 4.78 is 32.3. The van der Waals surface area contributed by atoms with Crippen LogP contribution in [-0.4, -0.2) is 26.1 Å². The molecule has 1 aromatic carbocycles. The number of furan rings is 1. The first kappa shape index (κ1) is 18.7. The highest BCUT2D eigenvalue weighted by Crippen LogP contribution is 2.14. The van der Waals surface area contributed by atoms with Crippen LogP contribution in [0.2, 0.25) is 0 Å². The van der Waals surface area contributed by atoms with Gasteiger partial charge in [0, 0.05) is 18.3 Å². The van der Waals surface area contributed by atoms with Crippen LogP contribution in [0.25, 0.3) is 0 Å². The van der Waals surface area contributed by atoms with Crippen molar-refractivity contribution < 1.29 is 17.6 Å². The molecule has 0 fully saturated rings. The highest BCUT2D eigenvalue weighted by atomic mass is 35.5. The topological polar surface area (TPSA) is 76.4 Å². The summed E-state index contributed by atoms with van der Waals surface area (Å²) in [6.45, 7) is 1.65. The molecule has 0 aliphatic rings. The number of sulfonamides is 1. The summed E-state index contributed by atoms with van der Waals surface area (Å²) in [4.78, 5) is 12.1. The monoisotopic (exact) mass is 369 g/mol. The van der Waals surface area contributed by atoms with E-state index in [0.29, 0.717) is 5.88 Å². The van der Waals surface area contributed by atoms with Gasteiger partial charge in [0.15, 0.2) is 11.5 Å². The molecule has 7 heteroatoms. The second kappa shape index (κ2) is 8.46. The third kappa shape index (κ3) is 5.19. The first-order valence-corrected chi connectivity index (χ1v) is 9.68. The van der Waals surface area contributed by atoms with Crippen molar-refractivity contribution in [1.82, 2.24) is 4.72 Å². The molecule has 0 radical (unpaired) electrons. The third-order valence-corrected chi connectivity index (χ3v) is 5.35. The quantitative estimate of drug-likeness (QED) is 0.543. The fraction of sp³-hybridized carbons (Fsp3) is 0.353. The minimum absolute atomic E-state index is 0.0283. The minimum atomic E-state index is -3.67. The number of carbonyl (C=O) groups is 1. The first-order chi connectivity index (χ1) is 11.4. The van der Waals surface area contributed by atoms with Gasteiger partial charge in [-0.15, -0.1) is 11.6 Å². The number of hydrogen-bond acceptors (Lipinski definition) is 4. The number of benzene rings is 1. The maximum atomic E-state index is 12.4. The number of alkyl halides is 1. The summed E-state index contributed by atoms with van der Waals surface area (Å²) in [5.41, 5.74) is 1.04. The maximum absolute atomic E-state index is 12.4. The van der Waals surface area contributed by atoms with E-state index in [9.17, 15) is 13.2 Å². The van der Waals surface area contributed by atoms with Crippen molar-refractivity contribution in [1.29, 1.82) is 0 Å². The number of nitrogens with one attached hydrogen (secondary N) is 1. The van der Waals surface area contributed by atoms with Crippen molar-refractivity contribution in [3.63, 3.8) is 0 Å². The van der Waals surface area contributed by atoms with Gasteiger partial charge in [-0.3, -0.25) is 4.79 Å². The van der Waals surface area contributed by atoms with Crippen molar-refractivity contribution in [3.8, 4) is 0 Å². The predicted octanol–water partition coefficient (Wildman–Crippen LogP) is 3.39. The number of aryl methyl sites for hydroxylation is 1. The zero-order chi connectivity index (χ0) is 17.6. The Morgan fingerprint density at radius 2 is 1.96 bits per heavy atom. The normalized spacial score (nSPS) is 12.9. The lowest BCUT2D eigenvalue weighted by Crippen LogP contribution is -2.34. The Bertz CT molecular complexity index is 754. The fourth-order valence-electron chi connectivity index (χ4n) is 2.30.